The highest BCUT2D eigenvalue weighted by Crippen LogP contribution is 2.27. The van der Waals surface area contributed by atoms with Crippen LogP contribution in [0.4, 0.5) is 11.4 Å². The lowest BCUT2D eigenvalue weighted by Crippen LogP contribution is -2.34. The SMILES string of the molecule is COc1ccc(N(CCC(=O)Nc2cccc(C#N)c2)S(=O)(=O)c2cccc(Cl)c2)cc1. The normalized spacial score (nSPS) is 10.8. The van der Waals surface area contributed by atoms with Gasteiger partial charge in [-0.3, -0.25) is 9.10 Å². The highest BCUT2D eigenvalue weighted by atomic mass is 35.5. The van der Waals surface area contributed by atoms with Crippen molar-refractivity contribution in [3.05, 3.63) is 83.4 Å². The van der Waals surface area contributed by atoms with Crippen LogP contribution in [-0.2, 0) is 14.8 Å². The summed E-state index contributed by atoms with van der Waals surface area (Å²) in [5, 5.41) is 12.0. The van der Waals surface area contributed by atoms with E-state index in [-0.39, 0.29) is 28.8 Å². The van der Waals surface area contributed by atoms with E-state index in [0.717, 1.165) is 4.31 Å². The van der Waals surface area contributed by atoms with Gasteiger partial charge in [0.15, 0.2) is 0 Å². The largest absolute Gasteiger partial charge is 0.497 e. The van der Waals surface area contributed by atoms with Crippen LogP contribution in [0.25, 0.3) is 0 Å². The third-order valence-electron chi connectivity index (χ3n) is 4.56. The van der Waals surface area contributed by atoms with Gasteiger partial charge in [-0.1, -0.05) is 23.7 Å². The number of carbonyl (C=O) groups is 1. The fourth-order valence-electron chi connectivity index (χ4n) is 2.98. The van der Waals surface area contributed by atoms with Gasteiger partial charge in [-0.25, -0.2) is 8.42 Å². The van der Waals surface area contributed by atoms with E-state index in [2.05, 4.69) is 5.32 Å². The molecule has 0 saturated carbocycles. The first-order valence-electron chi connectivity index (χ1n) is 9.56. The number of hydrogen-bond acceptors (Lipinski definition) is 5. The molecule has 0 radical (unpaired) electrons. The van der Waals surface area contributed by atoms with Gasteiger partial charge in [0.05, 0.1) is 29.3 Å². The van der Waals surface area contributed by atoms with E-state index in [1.807, 2.05) is 6.07 Å². The van der Waals surface area contributed by atoms with E-state index in [1.165, 1.54) is 19.2 Å². The van der Waals surface area contributed by atoms with Crippen LogP contribution in [0.2, 0.25) is 5.02 Å². The molecule has 0 bridgehead atoms. The summed E-state index contributed by atoms with van der Waals surface area (Å²) in [6.07, 6.45) is -0.109. The first kappa shape index (κ1) is 23.1. The summed E-state index contributed by atoms with van der Waals surface area (Å²) < 4.78 is 33.0. The molecule has 1 N–H and O–H groups in total. The minimum absolute atomic E-state index is 0.0166. The Kier molecular flexibility index (Phi) is 7.36. The minimum Gasteiger partial charge on any atom is -0.497 e. The Hall–Kier alpha value is -3.54. The lowest BCUT2D eigenvalue weighted by atomic mass is 10.2. The number of nitrogens with zero attached hydrogens (tertiary/aromatic N) is 2. The van der Waals surface area contributed by atoms with Crippen LogP contribution < -0.4 is 14.4 Å². The molecule has 9 heteroatoms. The summed E-state index contributed by atoms with van der Waals surface area (Å²) in [6.45, 7) is -0.106. The van der Waals surface area contributed by atoms with E-state index in [4.69, 9.17) is 21.6 Å². The zero-order chi connectivity index (χ0) is 23.1. The molecule has 0 aliphatic rings. The average molecular weight is 470 g/mol. The molecule has 164 valence electrons. The number of rotatable bonds is 8. The molecule has 0 aliphatic carbocycles. The van der Waals surface area contributed by atoms with Gasteiger partial charge in [0.2, 0.25) is 5.91 Å². The molecule has 0 heterocycles. The first-order chi connectivity index (χ1) is 15.3. The van der Waals surface area contributed by atoms with Gasteiger partial charge >= 0.3 is 0 Å². The van der Waals surface area contributed by atoms with Crippen molar-refractivity contribution in [2.24, 2.45) is 0 Å². The Morgan fingerprint density at radius 2 is 1.81 bits per heavy atom. The second kappa shape index (κ2) is 10.2. The number of nitriles is 1. The second-order valence-corrected chi connectivity index (χ2v) is 9.02. The Labute approximate surface area is 191 Å². The van der Waals surface area contributed by atoms with E-state index < -0.39 is 10.0 Å². The maximum Gasteiger partial charge on any atom is 0.264 e. The molecule has 3 rings (SSSR count). The molecule has 3 aromatic rings. The highest BCUT2D eigenvalue weighted by Gasteiger charge is 2.26. The summed E-state index contributed by atoms with van der Waals surface area (Å²) in [5.41, 5.74) is 1.25. The number of halogens is 1. The Morgan fingerprint density at radius 1 is 1.09 bits per heavy atom. The van der Waals surface area contributed by atoms with Gasteiger partial charge in [0.1, 0.15) is 5.75 Å². The van der Waals surface area contributed by atoms with Crippen LogP contribution in [0.1, 0.15) is 12.0 Å². The summed E-state index contributed by atoms with van der Waals surface area (Å²) in [6, 6.07) is 20.9. The molecular formula is C23H20ClN3O4S. The molecule has 0 unspecified atom stereocenters. The lowest BCUT2D eigenvalue weighted by molar-refractivity contribution is -0.116. The molecule has 0 aliphatic heterocycles. The zero-order valence-electron chi connectivity index (χ0n) is 17.2. The monoisotopic (exact) mass is 469 g/mol. The molecule has 7 nitrogen and oxygen atoms in total. The van der Waals surface area contributed by atoms with Gasteiger partial charge in [-0.2, -0.15) is 5.26 Å². The summed E-state index contributed by atoms with van der Waals surface area (Å²) in [4.78, 5) is 12.5. The average Bonchev–Trinajstić information content (AvgIpc) is 2.79. The van der Waals surface area contributed by atoms with Gasteiger partial charge in [0.25, 0.3) is 10.0 Å². The maximum atomic E-state index is 13.4. The van der Waals surface area contributed by atoms with Gasteiger partial charge in [0, 0.05) is 23.7 Å². The quantitative estimate of drug-likeness (QED) is 0.525. The van der Waals surface area contributed by atoms with E-state index in [9.17, 15) is 13.2 Å². The van der Waals surface area contributed by atoms with Crippen molar-refractivity contribution in [3.63, 3.8) is 0 Å². The molecule has 32 heavy (non-hydrogen) atoms. The van der Waals surface area contributed by atoms with Crippen molar-refractivity contribution in [1.29, 1.82) is 5.26 Å². The van der Waals surface area contributed by atoms with E-state index in [0.29, 0.717) is 22.7 Å². The Morgan fingerprint density at radius 3 is 2.47 bits per heavy atom. The third-order valence-corrected chi connectivity index (χ3v) is 6.62. The van der Waals surface area contributed by atoms with E-state index >= 15 is 0 Å². The number of sulfonamides is 1. The van der Waals surface area contributed by atoms with Crippen LogP contribution in [-0.4, -0.2) is 28.0 Å². The number of benzene rings is 3. The molecular weight excluding hydrogens is 450 g/mol. The van der Waals surface area contributed by atoms with Crippen LogP contribution in [0.15, 0.2) is 77.7 Å². The molecule has 0 spiro atoms. The number of anilines is 2. The second-order valence-electron chi connectivity index (χ2n) is 6.72. The maximum absolute atomic E-state index is 13.4. The van der Waals surface area contributed by atoms with Crippen molar-refractivity contribution in [3.8, 4) is 11.8 Å². The summed E-state index contributed by atoms with van der Waals surface area (Å²) >= 11 is 6.00. The van der Waals surface area contributed by atoms with Crippen LogP contribution >= 0.6 is 11.6 Å². The van der Waals surface area contributed by atoms with Crippen LogP contribution in [0.5, 0.6) is 5.75 Å². The third kappa shape index (κ3) is 5.58. The number of hydrogen-bond donors (Lipinski definition) is 1. The molecule has 3 aromatic carbocycles. The smallest absolute Gasteiger partial charge is 0.264 e. The predicted molar refractivity (Wildman–Crippen MR) is 123 cm³/mol. The zero-order valence-corrected chi connectivity index (χ0v) is 18.7. The molecule has 0 aromatic heterocycles. The van der Waals surface area contributed by atoms with Crippen molar-refractivity contribution < 1.29 is 17.9 Å². The predicted octanol–water partition coefficient (Wildman–Crippen LogP) is 4.44. The Bertz CT molecular complexity index is 1250. The van der Waals surface area contributed by atoms with Crippen molar-refractivity contribution in [2.45, 2.75) is 11.3 Å². The van der Waals surface area contributed by atoms with Gasteiger partial charge in [-0.15, -0.1) is 0 Å². The number of methoxy groups -OCH3 is 1. The Balaban J connectivity index is 1.85. The van der Waals surface area contributed by atoms with Crippen LogP contribution in [0, 0.1) is 11.3 Å². The molecule has 0 fully saturated rings. The van der Waals surface area contributed by atoms with Gasteiger partial charge in [-0.05, 0) is 60.7 Å². The van der Waals surface area contributed by atoms with Crippen molar-refractivity contribution >= 4 is 38.9 Å². The fourth-order valence-corrected chi connectivity index (χ4v) is 4.75. The summed E-state index contributed by atoms with van der Waals surface area (Å²) in [7, 11) is -2.48. The number of amides is 1. The van der Waals surface area contributed by atoms with Gasteiger partial charge < -0.3 is 10.1 Å². The molecule has 0 saturated heterocycles. The van der Waals surface area contributed by atoms with Crippen molar-refractivity contribution in [2.75, 3.05) is 23.3 Å². The number of carbonyl (C=O) groups excluding carboxylic acids is 1. The van der Waals surface area contributed by atoms with E-state index in [1.54, 1.807) is 60.7 Å². The lowest BCUT2D eigenvalue weighted by Gasteiger charge is -2.24. The van der Waals surface area contributed by atoms with Crippen LogP contribution in [0.3, 0.4) is 0 Å². The number of nitrogens with one attached hydrogen (secondary N) is 1. The highest BCUT2D eigenvalue weighted by molar-refractivity contribution is 7.92. The first-order valence-corrected chi connectivity index (χ1v) is 11.4. The molecule has 1 amide bonds. The topological polar surface area (TPSA) is 99.5 Å². The summed E-state index contributed by atoms with van der Waals surface area (Å²) in [5.74, 6) is 0.184. The molecule has 0 atom stereocenters. The van der Waals surface area contributed by atoms with Crippen molar-refractivity contribution in [1.82, 2.24) is 0 Å². The standard InChI is InChI=1S/C23H20ClN3O4S/c1-31-21-10-8-20(9-11-21)27(32(29,30)22-7-3-5-18(24)15-22)13-12-23(28)26-19-6-2-4-17(14-19)16-25/h2-11,14-15H,12-13H2,1H3,(H,26,28). The minimum atomic E-state index is -3.99. The fraction of sp³-hybridized carbons (Fsp3) is 0.130. The number of ether oxygens (including phenoxy) is 1.